The van der Waals surface area contributed by atoms with E-state index in [-0.39, 0.29) is 0 Å². The summed E-state index contributed by atoms with van der Waals surface area (Å²) in [5, 5.41) is 9.03. The number of hydrogen-bond acceptors (Lipinski definition) is 3. The van der Waals surface area contributed by atoms with E-state index in [0.717, 1.165) is 37.6 Å². The van der Waals surface area contributed by atoms with E-state index in [2.05, 4.69) is 22.9 Å². The van der Waals surface area contributed by atoms with Crippen LogP contribution in [0.2, 0.25) is 0 Å². The molecule has 0 atom stereocenters. The normalized spacial score (nSPS) is 15.9. The van der Waals surface area contributed by atoms with E-state index < -0.39 is 0 Å². The summed E-state index contributed by atoms with van der Waals surface area (Å²) in [5.74, 6) is 0. The molecule has 1 heterocycles. The molecule has 0 spiro atoms. The quantitative estimate of drug-likeness (QED) is 0.680. The first kappa shape index (κ1) is 10.9. The number of benzene rings is 1. The van der Waals surface area contributed by atoms with Crippen LogP contribution in [0.1, 0.15) is 11.1 Å². The summed E-state index contributed by atoms with van der Waals surface area (Å²) in [6, 6.07) is 4.00. The van der Waals surface area contributed by atoms with Gasteiger partial charge in [0.1, 0.15) is 5.69 Å². The first-order chi connectivity index (χ1) is 7.72. The zero-order valence-electron chi connectivity index (χ0n) is 9.73. The molecule has 1 aromatic carbocycles. The molecule has 0 unspecified atom stereocenters. The van der Waals surface area contributed by atoms with Crippen LogP contribution in [-0.2, 0) is 4.74 Å². The molecule has 0 aliphatic carbocycles. The average Bonchev–Trinajstić information content (AvgIpc) is 2.33. The van der Waals surface area contributed by atoms with E-state index in [4.69, 9.17) is 10.1 Å². The van der Waals surface area contributed by atoms with Crippen LogP contribution in [0.3, 0.4) is 0 Å². The topological polar surface area (TPSA) is 40.6 Å². The van der Waals surface area contributed by atoms with E-state index in [1.54, 1.807) is 0 Å². The highest BCUT2D eigenvalue weighted by atomic mass is 16.5. The van der Waals surface area contributed by atoms with Gasteiger partial charge in [0.15, 0.2) is 4.98 Å². The molecule has 1 aromatic rings. The van der Waals surface area contributed by atoms with Gasteiger partial charge in [-0.25, -0.2) is 0 Å². The van der Waals surface area contributed by atoms with Gasteiger partial charge in [-0.1, -0.05) is 0 Å². The van der Waals surface area contributed by atoms with Gasteiger partial charge in [0.2, 0.25) is 5.39 Å². The molecule has 1 fully saturated rings. The molecular formula is C12H16N3O+. The van der Waals surface area contributed by atoms with Crippen molar-refractivity contribution in [3.8, 4) is 0 Å². The van der Waals surface area contributed by atoms with Crippen molar-refractivity contribution in [1.29, 1.82) is 5.39 Å². The molecule has 1 aliphatic rings. The van der Waals surface area contributed by atoms with Gasteiger partial charge in [0.05, 0.1) is 13.2 Å². The molecule has 0 saturated carbocycles. The summed E-state index contributed by atoms with van der Waals surface area (Å²) in [4.78, 5) is 5.56. The van der Waals surface area contributed by atoms with Crippen molar-refractivity contribution < 1.29 is 4.74 Å². The van der Waals surface area contributed by atoms with Crippen LogP contribution >= 0.6 is 0 Å². The molecule has 0 N–H and O–H groups in total. The van der Waals surface area contributed by atoms with E-state index in [9.17, 15) is 0 Å². The summed E-state index contributed by atoms with van der Waals surface area (Å²) in [6.07, 6.45) is 0. The molecule has 1 saturated heterocycles. The number of aryl methyl sites for hydroxylation is 2. The van der Waals surface area contributed by atoms with Crippen LogP contribution in [-0.4, -0.2) is 26.3 Å². The average molecular weight is 218 g/mol. The Hall–Kier alpha value is -1.60. The summed E-state index contributed by atoms with van der Waals surface area (Å²) in [7, 11) is 0. The van der Waals surface area contributed by atoms with Gasteiger partial charge < -0.3 is 9.64 Å². The first-order valence-electron chi connectivity index (χ1n) is 5.51. The van der Waals surface area contributed by atoms with Crippen molar-refractivity contribution in [3.63, 3.8) is 0 Å². The van der Waals surface area contributed by atoms with Gasteiger partial charge in [0, 0.05) is 19.2 Å². The van der Waals surface area contributed by atoms with Crippen molar-refractivity contribution in [2.75, 3.05) is 31.2 Å². The first-order valence-corrected chi connectivity index (χ1v) is 5.51. The van der Waals surface area contributed by atoms with Gasteiger partial charge in [0.25, 0.3) is 0 Å². The zero-order valence-corrected chi connectivity index (χ0v) is 9.73. The van der Waals surface area contributed by atoms with Gasteiger partial charge in [-0.3, -0.25) is 0 Å². The molecule has 0 aromatic heterocycles. The third-order valence-corrected chi connectivity index (χ3v) is 3.05. The summed E-state index contributed by atoms with van der Waals surface area (Å²) < 4.78 is 5.31. The van der Waals surface area contributed by atoms with Crippen molar-refractivity contribution in [2.45, 2.75) is 13.8 Å². The van der Waals surface area contributed by atoms with Gasteiger partial charge >= 0.3 is 5.69 Å². The third-order valence-electron chi connectivity index (χ3n) is 3.05. The smallest absolute Gasteiger partial charge is 0.378 e. The minimum absolute atomic E-state index is 0.644. The predicted octanol–water partition coefficient (Wildman–Crippen LogP) is 2.62. The Kier molecular flexibility index (Phi) is 3.07. The third kappa shape index (κ3) is 2.00. The lowest BCUT2D eigenvalue weighted by Gasteiger charge is -2.27. The standard InChI is InChI=1S/C12H16N3O/c1-9-7-11(14-13)12(8-10(9)2)15-3-5-16-6-4-15/h7-8H,3-6H2,1-2H3/q+1. The number of rotatable bonds is 1. The second kappa shape index (κ2) is 4.50. The van der Waals surface area contributed by atoms with Gasteiger partial charge in [-0.05, 0) is 31.0 Å². The number of diazo groups is 1. The number of ether oxygens (including phenoxy) is 1. The summed E-state index contributed by atoms with van der Waals surface area (Å²) in [6.45, 7) is 7.26. The Morgan fingerprint density at radius 3 is 2.44 bits per heavy atom. The Morgan fingerprint density at radius 2 is 1.81 bits per heavy atom. The number of anilines is 1. The minimum Gasteiger partial charge on any atom is -0.378 e. The number of morpholine rings is 1. The molecule has 84 valence electrons. The highest BCUT2D eigenvalue weighted by Gasteiger charge is 2.22. The van der Waals surface area contributed by atoms with Crippen molar-refractivity contribution in [3.05, 3.63) is 28.2 Å². The second-order valence-electron chi connectivity index (χ2n) is 4.12. The molecular weight excluding hydrogens is 202 g/mol. The highest BCUT2D eigenvalue weighted by molar-refractivity contribution is 5.72. The molecule has 0 radical (unpaired) electrons. The lowest BCUT2D eigenvalue weighted by Crippen LogP contribution is -2.36. The fourth-order valence-electron chi connectivity index (χ4n) is 1.92. The lowest BCUT2D eigenvalue weighted by atomic mass is 10.1. The van der Waals surface area contributed by atoms with E-state index in [1.165, 1.54) is 5.56 Å². The Balaban J connectivity index is 2.38. The molecule has 4 nitrogen and oxygen atoms in total. The Labute approximate surface area is 95.4 Å². The fourth-order valence-corrected chi connectivity index (χ4v) is 1.92. The van der Waals surface area contributed by atoms with E-state index in [0.29, 0.717) is 5.69 Å². The Bertz CT molecular complexity index is 431. The monoisotopic (exact) mass is 218 g/mol. The molecule has 1 aliphatic heterocycles. The van der Waals surface area contributed by atoms with E-state index in [1.807, 2.05) is 13.0 Å². The number of nitrogens with zero attached hydrogens (tertiary/aromatic N) is 3. The lowest BCUT2D eigenvalue weighted by molar-refractivity contribution is 0.123. The van der Waals surface area contributed by atoms with Crippen LogP contribution in [0.5, 0.6) is 0 Å². The Morgan fingerprint density at radius 1 is 1.19 bits per heavy atom. The van der Waals surface area contributed by atoms with Crippen LogP contribution in [0.15, 0.2) is 12.1 Å². The summed E-state index contributed by atoms with van der Waals surface area (Å²) in [5.41, 5.74) is 4.00. The van der Waals surface area contributed by atoms with Crippen LogP contribution in [0.25, 0.3) is 4.98 Å². The van der Waals surface area contributed by atoms with Crippen LogP contribution in [0, 0.1) is 19.2 Å². The summed E-state index contributed by atoms with van der Waals surface area (Å²) >= 11 is 0. The maximum absolute atomic E-state index is 9.03. The van der Waals surface area contributed by atoms with Crippen molar-refractivity contribution in [1.82, 2.24) is 0 Å². The molecule has 0 bridgehead atoms. The molecule has 0 amide bonds. The molecule has 4 heteroatoms. The van der Waals surface area contributed by atoms with Gasteiger partial charge in [-0.2, -0.15) is 0 Å². The number of hydrogen-bond donors (Lipinski definition) is 0. The van der Waals surface area contributed by atoms with Crippen LogP contribution < -0.4 is 4.90 Å². The second-order valence-corrected chi connectivity index (χ2v) is 4.12. The zero-order chi connectivity index (χ0) is 11.5. The maximum Gasteiger partial charge on any atom is 0.408 e. The van der Waals surface area contributed by atoms with Gasteiger partial charge in [-0.15, -0.1) is 0 Å². The van der Waals surface area contributed by atoms with Crippen molar-refractivity contribution in [2.24, 2.45) is 0 Å². The minimum atomic E-state index is 0.644. The van der Waals surface area contributed by atoms with E-state index >= 15 is 0 Å². The predicted molar refractivity (Wildman–Crippen MR) is 63.7 cm³/mol. The fraction of sp³-hybridized carbons (Fsp3) is 0.500. The highest BCUT2D eigenvalue weighted by Crippen LogP contribution is 2.32. The SMILES string of the molecule is Cc1cc([N+]#N)c(N2CCOCC2)cc1C. The largest absolute Gasteiger partial charge is 0.408 e. The molecule has 16 heavy (non-hydrogen) atoms. The van der Waals surface area contributed by atoms with Crippen molar-refractivity contribution >= 4 is 11.4 Å². The van der Waals surface area contributed by atoms with Crippen LogP contribution in [0.4, 0.5) is 11.4 Å². The maximum atomic E-state index is 9.03. The molecule has 2 rings (SSSR count).